The Bertz CT molecular complexity index is 1850. The molecule has 1 saturated heterocycles. The van der Waals surface area contributed by atoms with Crippen molar-refractivity contribution in [2.24, 2.45) is 0 Å². The average Bonchev–Trinajstić information content (AvgIpc) is 3.47. The smallest absolute Gasteiger partial charge is 0.332 e. The second-order valence-corrected chi connectivity index (χ2v) is 15.5. The number of sulfonamides is 1. The molecule has 0 spiro atoms. The van der Waals surface area contributed by atoms with E-state index in [0.717, 1.165) is 4.31 Å². The largest absolute Gasteiger partial charge is 0.458 e. The molecule has 4 aromatic rings. The maximum Gasteiger partial charge on any atom is 0.332 e. The van der Waals surface area contributed by atoms with Crippen molar-refractivity contribution in [3.8, 4) is 5.69 Å². The Kier molecular flexibility index (Phi) is 8.44. The standard InChI is InChI=1S/C30H34N6O6S2/c1-29(2,3)42-27(38)23(16-19-10-12-20(13-11-19)36-25-22(34-28(36)39)9-7-15-32-25)33-26(37)24-30(4,5)43-18-35(24)44(40,41)21-8-6-14-31-17-21/h6-15,17,23-24H,16,18H2,1-5H3,(H,33,37)(H,34,39)/t23?,24-/m1/s1. The van der Waals surface area contributed by atoms with Gasteiger partial charge in [-0.1, -0.05) is 12.1 Å². The molecule has 4 heterocycles. The number of aromatic amines is 1. The number of nitrogens with one attached hydrogen (secondary N) is 2. The maximum atomic E-state index is 13.9. The van der Waals surface area contributed by atoms with Gasteiger partial charge in [-0.05, 0) is 76.6 Å². The van der Waals surface area contributed by atoms with E-state index in [1.807, 2.05) is 0 Å². The minimum absolute atomic E-state index is 0.0237. The van der Waals surface area contributed by atoms with Crippen LogP contribution in [0.15, 0.2) is 76.8 Å². The second kappa shape index (κ2) is 11.8. The van der Waals surface area contributed by atoms with Crippen molar-refractivity contribution in [2.45, 2.75) is 68.4 Å². The van der Waals surface area contributed by atoms with Crippen LogP contribution < -0.4 is 11.0 Å². The number of aromatic nitrogens is 4. The minimum Gasteiger partial charge on any atom is -0.458 e. The number of amides is 1. The number of ether oxygens (including phenoxy) is 1. The van der Waals surface area contributed by atoms with Crippen LogP contribution in [0.1, 0.15) is 40.2 Å². The Morgan fingerprint density at radius 2 is 1.84 bits per heavy atom. The van der Waals surface area contributed by atoms with Gasteiger partial charge in [-0.3, -0.25) is 9.78 Å². The first-order valence-corrected chi connectivity index (χ1v) is 16.3. The van der Waals surface area contributed by atoms with Crippen molar-refractivity contribution in [1.82, 2.24) is 29.1 Å². The molecule has 1 aromatic carbocycles. The second-order valence-electron chi connectivity index (χ2n) is 12.0. The number of H-pyrrole nitrogens is 1. The van der Waals surface area contributed by atoms with Crippen molar-refractivity contribution in [3.63, 3.8) is 0 Å². The molecule has 1 amide bonds. The molecule has 3 aromatic heterocycles. The third-order valence-electron chi connectivity index (χ3n) is 7.08. The Hall–Kier alpha value is -4.01. The number of nitrogens with zero attached hydrogens (tertiary/aromatic N) is 4. The van der Waals surface area contributed by atoms with E-state index in [1.165, 1.54) is 40.9 Å². The first-order chi connectivity index (χ1) is 20.7. The monoisotopic (exact) mass is 638 g/mol. The molecule has 12 nitrogen and oxygen atoms in total. The van der Waals surface area contributed by atoms with Gasteiger partial charge in [0.2, 0.25) is 15.9 Å². The van der Waals surface area contributed by atoms with Crippen LogP contribution in [0.3, 0.4) is 0 Å². The van der Waals surface area contributed by atoms with E-state index in [2.05, 4.69) is 20.3 Å². The van der Waals surface area contributed by atoms with Crippen molar-refractivity contribution in [3.05, 3.63) is 83.2 Å². The van der Waals surface area contributed by atoms with Gasteiger partial charge < -0.3 is 15.0 Å². The van der Waals surface area contributed by atoms with Crippen LogP contribution >= 0.6 is 11.8 Å². The molecular formula is C30H34N6O6S2. The normalized spacial score (nSPS) is 17.8. The van der Waals surface area contributed by atoms with Crippen LogP contribution in [0, 0.1) is 0 Å². The molecule has 0 aliphatic carbocycles. The summed E-state index contributed by atoms with van der Waals surface area (Å²) in [6.07, 6.45) is 4.38. The summed E-state index contributed by atoms with van der Waals surface area (Å²) in [7, 11) is -4.06. The van der Waals surface area contributed by atoms with Gasteiger partial charge in [-0.25, -0.2) is 27.6 Å². The number of hydrogen-bond donors (Lipinski definition) is 2. The van der Waals surface area contributed by atoms with E-state index >= 15 is 0 Å². The van der Waals surface area contributed by atoms with E-state index < -0.39 is 44.3 Å². The fourth-order valence-electron chi connectivity index (χ4n) is 5.03. The Morgan fingerprint density at radius 3 is 2.50 bits per heavy atom. The van der Waals surface area contributed by atoms with Crippen LogP contribution in [0.5, 0.6) is 0 Å². The molecule has 0 radical (unpaired) electrons. The van der Waals surface area contributed by atoms with Crippen molar-refractivity contribution >= 4 is 44.8 Å². The molecule has 1 aliphatic rings. The van der Waals surface area contributed by atoms with Crippen LogP contribution in [0.25, 0.3) is 16.9 Å². The number of imidazole rings is 1. The average molecular weight is 639 g/mol. The fourth-order valence-corrected chi connectivity index (χ4v) is 8.17. The summed E-state index contributed by atoms with van der Waals surface area (Å²) in [5, 5.41) is 2.80. The molecule has 14 heteroatoms. The summed E-state index contributed by atoms with van der Waals surface area (Å²) in [4.78, 5) is 50.9. The molecule has 44 heavy (non-hydrogen) atoms. The fraction of sp³-hybridized carbons (Fsp3) is 0.367. The maximum absolute atomic E-state index is 13.9. The first-order valence-electron chi connectivity index (χ1n) is 13.9. The summed E-state index contributed by atoms with van der Waals surface area (Å²) < 4.78 is 34.5. The third-order valence-corrected chi connectivity index (χ3v) is 10.4. The van der Waals surface area contributed by atoms with Crippen LogP contribution in [-0.4, -0.2) is 72.4 Å². The minimum atomic E-state index is -4.06. The molecule has 5 rings (SSSR count). The van der Waals surface area contributed by atoms with Gasteiger partial charge in [-0.15, -0.1) is 11.8 Å². The summed E-state index contributed by atoms with van der Waals surface area (Å²) in [5.74, 6) is -1.21. The Labute approximate surface area is 259 Å². The molecule has 1 fully saturated rings. The summed E-state index contributed by atoms with van der Waals surface area (Å²) in [6, 6.07) is 11.2. The van der Waals surface area contributed by atoms with Crippen LogP contribution in [0.2, 0.25) is 0 Å². The number of carbonyl (C=O) groups is 2. The van der Waals surface area contributed by atoms with E-state index in [4.69, 9.17) is 4.74 Å². The third kappa shape index (κ3) is 6.42. The van der Waals surface area contributed by atoms with Crippen LogP contribution in [-0.2, 0) is 30.8 Å². The molecule has 1 aliphatic heterocycles. The van der Waals surface area contributed by atoms with E-state index in [9.17, 15) is 22.8 Å². The highest BCUT2D eigenvalue weighted by Gasteiger charge is 2.51. The zero-order valence-corrected chi connectivity index (χ0v) is 26.6. The quantitative estimate of drug-likeness (QED) is 0.277. The summed E-state index contributed by atoms with van der Waals surface area (Å²) in [6.45, 7) is 8.77. The number of rotatable bonds is 8. The van der Waals surface area contributed by atoms with Gasteiger partial charge in [0.05, 0.1) is 17.1 Å². The highest BCUT2D eigenvalue weighted by Crippen LogP contribution is 2.42. The van der Waals surface area contributed by atoms with Gasteiger partial charge in [-0.2, -0.15) is 4.31 Å². The highest BCUT2D eigenvalue weighted by molar-refractivity contribution is 8.02. The number of thioether (sulfide) groups is 1. The van der Waals surface area contributed by atoms with Crippen molar-refractivity contribution in [2.75, 3.05) is 5.88 Å². The van der Waals surface area contributed by atoms with E-state index in [-0.39, 0.29) is 22.9 Å². The van der Waals surface area contributed by atoms with Gasteiger partial charge >= 0.3 is 11.7 Å². The predicted molar refractivity (Wildman–Crippen MR) is 167 cm³/mol. The predicted octanol–water partition coefficient (Wildman–Crippen LogP) is 3.02. The molecular weight excluding hydrogens is 605 g/mol. The van der Waals surface area contributed by atoms with E-state index in [1.54, 1.807) is 77.2 Å². The summed E-state index contributed by atoms with van der Waals surface area (Å²) >= 11 is 1.33. The molecule has 2 atom stereocenters. The molecule has 0 bridgehead atoms. The van der Waals surface area contributed by atoms with Crippen molar-refractivity contribution < 1.29 is 22.7 Å². The molecule has 1 unspecified atom stereocenters. The van der Waals surface area contributed by atoms with E-state index in [0.29, 0.717) is 22.4 Å². The SMILES string of the molecule is CC(C)(C)OC(=O)C(Cc1ccc(-n2c(=O)[nH]c3cccnc32)cc1)NC(=O)[C@H]1N(S(=O)(=O)c2cccnc2)CSC1(C)C. The lowest BCUT2D eigenvalue weighted by atomic mass is 10.0. The number of carbonyl (C=O) groups excluding carboxylic acids is 2. The lowest BCUT2D eigenvalue weighted by molar-refractivity contribution is -0.158. The number of benzene rings is 1. The Morgan fingerprint density at radius 1 is 1.14 bits per heavy atom. The number of pyridine rings is 2. The van der Waals surface area contributed by atoms with Gasteiger partial charge in [0.25, 0.3) is 0 Å². The van der Waals surface area contributed by atoms with Crippen molar-refractivity contribution in [1.29, 1.82) is 0 Å². The molecule has 0 saturated carbocycles. The molecule has 232 valence electrons. The van der Waals surface area contributed by atoms with Gasteiger partial charge in [0.1, 0.15) is 22.6 Å². The lowest BCUT2D eigenvalue weighted by Gasteiger charge is -2.32. The number of esters is 1. The summed E-state index contributed by atoms with van der Waals surface area (Å²) in [5.41, 5.74) is 1.17. The van der Waals surface area contributed by atoms with Crippen LogP contribution in [0.4, 0.5) is 0 Å². The first kappa shape index (κ1) is 31.4. The van der Waals surface area contributed by atoms with Gasteiger partial charge in [0, 0.05) is 29.8 Å². The number of hydrogen-bond acceptors (Lipinski definition) is 9. The van der Waals surface area contributed by atoms with Gasteiger partial charge in [0.15, 0.2) is 5.65 Å². The highest BCUT2D eigenvalue weighted by atomic mass is 32.2. The number of fused-ring (bicyclic) bond motifs is 1. The zero-order valence-electron chi connectivity index (χ0n) is 25.0. The molecule has 2 N–H and O–H groups in total. The topological polar surface area (TPSA) is 156 Å². The zero-order chi connectivity index (χ0) is 31.9. The lowest BCUT2D eigenvalue weighted by Crippen LogP contribution is -2.57. The Balaban J connectivity index is 1.42.